The first-order valence-corrected chi connectivity index (χ1v) is 10.1. The zero-order chi connectivity index (χ0) is 18.9. The van der Waals surface area contributed by atoms with Crippen LogP contribution in [0.15, 0.2) is 29.3 Å². The standard InChI is InChI=1S/C19H33N3O2S.HI/c1-7-20-18(21-12-15-25(23)19(3,4)5)22(6)13-14-24-17-11-9-8-10-16(17)2;/h8-11H,7,12-15H2,1-6H3,(H,20,21);1H. The Morgan fingerprint density at radius 3 is 2.54 bits per heavy atom. The van der Waals surface area contributed by atoms with Crippen LogP contribution in [0.4, 0.5) is 0 Å². The summed E-state index contributed by atoms with van der Waals surface area (Å²) in [5.41, 5.74) is 1.13. The van der Waals surface area contributed by atoms with Gasteiger partial charge in [0.1, 0.15) is 12.4 Å². The number of hydrogen-bond acceptors (Lipinski definition) is 3. The lowest BCUT2D eigenvalue weighted by atomic mass is 10.2. The Morgan fingerprint density at radius 1 is 1.31 bits per heavy atom. The summed E-state index contributed by atoms with van der Waals surface area (Å²) in [6.45, 7) is 12.7. The summed E-state index contributed by atoms with van der Waals surface area (Å²) in [6.07, 6.45) is 0. The minimum absolute atomic E-state index is 0. The van der Waals surface area contributed by atoms with Crippen LogP contribution in [0.3, 0.4) is 0 Å². The number of hydrogen-bond donors (Lipinski definition) is 1. The second kappa shape index (κ2) is 12.5. The Hall–Kier alpha value is -0.830. The molecule has 150 valence electrons. The Bertz CT molecular complexity index is 588. The van der Waals surface area contributed by atoms with Crippen LogP contribution in [0.1, 0.15) is 33.3 Å². The van der Waals surface area contributed by atoms with E-state index in [4.69, 9.17) is 4.74 Å². The molecular weight excluding hydrogens is 461 g/mol. The van der Waals surface area contributed by atoms with Crippen LogP contribution in [0.5, 0.6) is 5.75 Å². The summed E-state index contributed by atoms with van der Waals surface area (Å²) in [6, 6.07) is 8.01. The Morgan fingerprint density at radius 2 is 1.96 bits per heavy atom. The third-order valence-corrected chi connectivity index (χ3v) is 5.61. The second-order valence-electron chi connectivity index (χ2n) is 6.93. The summed E-state index contributed by atoms with van der Waals surface area (Å²) >= 11 is 0. The first-order chi connectivity index (χ1) is 11.8. The van der Waals surface area contributed by atoms with Crippen molar-refractivity contribution in [3.8, 4) is 5.75 Å². The molecule has 7 heteroatoms. The molecular formula is C19H34IN3O2S. The molecule has 1 unspecified atom stereocenters. The molecule has 0 aliphatic carbocycles. The van der Waals surface area contributed by atoms with Gasteiger partial charge >= 0.3 is 0 Å². The van der Waals surface area contributed by atoms with Gasteiger partial charge < -0.3 is 15.0 Å². The van der Waals surface area contributed by atoms with Crippen molar-refractivity contribution in [2.75, 3.05) is 39.0 Å². The van der Waals surface area contributed by atoms with E-state index in [1.54, 1.807) is 0 Å². The van der Waals surface area contributed by atoms with E-state index in [-0.39, 0.29) is 28.7 Å². The second-order valence-corrected chi connectivity index (χ2v) is 9.26. The molecule has 0 aromatic heterocycles. The number of nitrogens with one attached hydrogen (secondary N) is 1. The highest BCUT2D eigenvalue weighted by Gasteiger charge is 2.18. The van der Waals surface area contributed by atoms with Crippen LogP contribution >= 0.6 is 24.0 Å². The van der Waals surface area contributed by atoms with Gasteiger partial charge in [0, 0.05) is 34.9 Å². The zero-order valence-corrected chi connectivity index (χ0v) is 20.0. The average Bonchev–Trinajstić information content (AvgIpc) is 2.54. The smallest absolute Gasteiger partial charge is 0.193 e. The molecule has 5 nitrogen and oxygen atoms in total. The maximum absolute atomic E-state index is 12.1. The SMILES string of the molecule is CCNC(=NCCS(=O)C(C)(C)C)N(C)CCOc1ccccc1C.I. The zero-order valence-electron chi connectivity index (χ0n) is 16.9. The minimum Gasteiger partial charge on any atom is -0.491 e. The Balaban J connectivity index is 0.00000625. The largest absolute Gasteiger partial charge is 0.491 e. The van der Waals surface area contributed by atoms with E-state index in [1.807, 2.05) is 70.8 Å². The van der Waals surface area contributed by atoms with E-state index in [0.717, 1.165) is 30.4 Å². The maximum Gasteiger partial charge on any atom is 0.193 e. The Labute approximate surface area is 178 Å². The monoisotopic (exact) mass is 495 g/mol. The van der Waals surface area contributed by atoms with E-state index < -0.39 is 10.8 Å². The van der Waals surface area contributed by atoms with Crippen molar-refractivity contribution in [2.45, 2.75) is 39.4 Å². The van der Waals surface area contributed by atoms with E-state index in [2.05, 4.69) is 10.3 Å². The molecule has 1 aromatic rings. The molecule has 26 heavy (non-hydrogen) atoms. The molecule has 0 aliphatic heterocycles. The first-order valence-electron chi connectivity index (χ1n) is 8.82. The van der Waals surface area contributed by atoms with Crippen molar-refractivity contribution in [3.05, 3.63) is 29.8 Å². The number of benzene rings is 1. The van der Waals surface area contributed by atoms with Crippen LogP contribution in [0.2, 0.25) is 0 Å². The van der Waals surface area contributed by atoms with Crippen LogP contribution in [-0.2, 0) is 10.8 Å². The number of halogens is 1. The molecule has 0 heterocycles. The van der Waals surface area contributed by atoms with Gasteiger partial charge in [-0.3, -0.25) is 9.20 Å². The lowest BCUT2D eigenvalue weighted by molar-refractivity contribution is 0.280. The maximum atomic E-state index is 12.1. The molecule has 1 N–H and O–H groups in total. The minimum atomic E-state index is -0.882. The van der Waals surface area contributed by atoms with Crippen molar-refractivity contribution in [1.29, 1.82) is 0 Å². The topological polar surface area (TPSA) is 53.9 Å². The van der Waals surface area contributed by atoms with Crippen molar-refractivity contribution >= 4 is 40.7 Å². The van der Waals surface area contributed by atoms with Crippen molar-refractivity contribution in [2.24, 2.45) is 4.99 Å². The predicted molar refractivity (Wildman–Crippen MR) is 123 cm³/mol. The van der Waals surface area contributed by atoms with Gasteiger partial charge in [0.25, 0.3) is 0 Å². The highest BCUT2D eigenvalue weighted by atomic mass is 127. The average molecular weight is 495 g/mol. The van der Waals surface area contributed by atoms with Crippen molar-refractivity contribution < 1.29 is 8.95 Å². The number of guanidine groups is 1. The molecule has 0 fully saturated rings. The van der Waals surface area contributed by atoms with E-state index in [1.165, 1.54) is 0 Å². The number of aliphatic imine (C=N–C) groups is 1. The van der Waals surface area contributed by atoms with Gasteiger partial charge in [-0.25, -0.2) is 0 Å². The lowest BCUT2D eigenvalue weighted by Gasteiger charge is -2.23. The highest BCUT2D eigenvalue weighted by Crippen LogP contribution is 2.15. The van der Waals surface area contributed by atoms with E-state index in [9.17, 15) is 4.21 Å². The third-order valence-electron chi connectivity index (χ3n) is 3.70. The normalized spacial score (nSPS) is 12.9. The van der Waals surface area contributed by atoms with Crippen molar-refractivity contribution in [3.63, 3.8) is 0 Å². The first kappa shape index (κ1) is 25.2. The predicted octanol–water partition coefficient (Wildman–Crippen LogP) is 3.44. The van der Waals surface area contributed by atoms with Gasteiger partial charge in [0.2, 0.25) is 0 Å². The molecule has 1 atom stereocenters. The molecule has 0 spiro atoms. The fourth-order valence-corrected chi connectivity index (χ4v) is 3.00. The summed E-state index contributed by atoms with van der Waals surface area (Å²) in [4.78, 5) is 6.64. The molecule has 0 saturated carbocycles. The van der Waals surface area contributed by atoms with Gasteiger partial charge in [-0.1, -0.05) is 18.2 Å². The van der Waals surface area contributed by atoms with Crippen molar-refractivity contribution in [1.82, 2.24) is 10.2 Å². The van der Waals surface area contributed by atoms with Gasteiger partial charge in [-0.2, -0.15) is 0 Å². The molecule has 0 radical (unpaired) electrons. The number of aryl methyl sites for hydroxylation is 1. The van der Waals surface area contributed by atoms with Crippen LogP contribution in [-0.4, -0.2) is 58.9 Å². The van der Waals surface area contributed by atoms with Crippen LogP contribution < -0.4 is 10.1 Å². The summed E-state index contributed by atoms with van der Waals surface area (Å²) in [5, 5.41) is 3.28. The summed E-state index contributed by atoms with van der Waals surface area (Å²) < 4.78 is 17.8. The van der Waals surface area contributed by atoms with Gasteiger partial charge in [-0.15, -0.1) is 24.0 Å². The molecule has 0 aliphatic rings. The molecule has 1 rings (SSSR count). The molecule has 1 aromatic carbocycles. The summed E-state index contributed by atoms with van der Waals surface area (Å²) in [5.74, 6) is 2.31. The van der Waals surface area contributed by atoms with Gasteiger partial charge in [0.05, 0.1) is 13.1 Å². The number of ether oxygens (including phenoxy) is 1. The van der Waals surface area contributed by atoms with Gasteiger partial charge in [0.15, 0.2) is 5.96 Å². The number of likely N-dealkylation sites (N-methyl/N-ethyl adjacent to an activating group) is 1. The number of para-hydroxylation sites is 1. The van der Waals surface area contributed by atoms with E-state index >= 15 is 0 Å². The summed E-state index contributed by atoms with van der Waals surface area (Å²) in [7, 11) is 1.11. The quantitative estimate of drug-likeness (QED) is 0.341. The van der Waals surface area contributed by atoms with Crippen LogP contribution in [0.25, 0.3) is 0 Å². The lowest BCUT2D eigenvalue weighted by Crippen LogP contribution is -2.41. The van der Waals surface area contributed by atoms with E-state index in [0.29, 0.717) is 18.9 Å². The number of rotatable bonds is 8. The fourth-order valence-electron chi connectivity index (χ4n) is 2.13. The van der Waals surface area contributed by atoms with Crippen LogP contribution in [0, 0.1) is 6.92 Å². The molecule has 0 bridgehead atoms. The fraction of sp³-hybridized carbons (Fsp3) is 0.632. The highest BCUT2D eigenvalue weighted by molar-refractivity contribution is 14.0. The molecule has 0 amide bonds. The molecule has 0 saturated heterocycles. The number of nitrogens with zero attached hydrogens (tertiary/aromatic N) is 2. The Kier molecular flexibility index (Phi) is 12.1. The van der Waals surface area contributed by atoms with Gasteiger partial charge in [-0.05, 0) is 46.2 Å². The third kappa shape index (κ3) is 9.21.